The highest BCUT2D eigenvalue weighted by atomic mass is 32.2. The first kappa shape index (κ1) is 25.8. The fourth-order valence-corrected chi connectivity index (χ4v) is 7.25. The van der Waals surface area contributed by atoms with Crippen LogP contribution in [0.15, 0.2) is 62.7 Å². The number of likely N-dealkylation sites (tertiary alicyclic amines) is 1. The third-order valence-electron chi connectivity index (χ3n) is 6.75. The molecule has 35 heavy (non-hydrogen) atoms. The van der Waals surface area contributed by atoms with Gasteiger partial charge in [0.05, 0.1) is 22.5 Å². The number of hydrogen-bond acceptors (Lipinski definition) is 5. The van der Waals surface area contributed by atoms with E-state index in [-0.39, 0.29) is 16.3 Å². The zero-order valence-electron chi connectivity index (χ0n) is 20.6. The Kier molecular flexibility index (Phi) is 7.65. The van der Waals surface area contributed by atoms with E-state index in [0.717, 1.165) is 43.5 Å². The molecule has 0 aromatic heterocycles. The van der Waals surface area contributed by atoms with Crippen molar-refractivity contribution in [3.05, 3.63) is 59.7 Å². The van der Waals surface area contributed by atoms with E-state index in [1.807, 2.05) is 18.7 Å². The molecule has 190 valence electrons. The lowest BCUT2D eigenvalue weighted by Gasteiger charge is -2.33. The predicted octanol–water partition coefficient (Wildman–Crippen LogP) is 3.23. The highest BCUT2D eigenvalue weighted by molar-refractivity contribution is 7.90. The van der Waals surface area contributed by atoms with Crippen LogP contribution in [-0.2, 0) is 20.0 Å². The van der Waals surface area contributed by atoms with Gasteiger partial charge in [-0.2, -0.15) is 12.7 Å². The molecule has 2 heterocycles. The number of hydrogen-bond donors (Lipinski definition) is 0. The summed E-state index contributed by atoms with van der Waals surface area (Å²) in [5.74, 6) is 0.390. The second-order valence-corrected chi connectivity index (χ2v) is 12.9. The third kappa shape index (κ3) is 5.77. The van der Waals surface area contributed by atoms with Crippen LogP contribution >= 0.6 is 0 Å². The molecule has 8 nitrogen and oxygen atoms in total. The van der Waals surface area contributed by atoms with E-state index in [9.17, 15) is 16.8 Å². The van der Waals surface area contributed by atoms with E-state index in [1.54, 1.807) is 55.5 Å². The number of rotatable bonds is 6. The summed E-state index contributed by atoms with van der Waals surface area (Å²) < 4.78 is 58.9. The summed E-state index contributed by atoms with van der Waals surface area (Å²) in [6.45, 7) is 8.36. The van der Waals surface area contributed by atoms with Gasteiger partial charge in [-0.1, -0.05) is 41.8 Å². The van der Waals surface area contributed by atoms with Crippen LogP contribution in [-0.4, -0.2) is 75.7 Å². The van der Waals surface area contributed by atoms with Gasteiger partial charge in [-0.25, -0.2) is 8.42 Å². The Morgan fingerprint density at radius 2 is 1.34 bits per heavy atom. The van der Waals surface area contributed by atoms with E-state index < -0.39 is 26.2 Å². The van der Waals surface area contributed by atoms with Gasteiger partial charge < -0.3 is 4.90 Å². The first-order chi connectivity index (χ1) is 16.6. The summed E-state index contributed by atoms with van der Waals surface area (Å²) >= 11 is 0. The second-order valence-electron chi connectivity index (χ2n) is 9.39. The highest BCUT2D eigenvalue weighted by Crippen LogP contribution is 2.26. The summed E-state index contributed by atoms with van der Waals surface area (Å²) in [5, 5.41) is 0. The molecule has 0 unspecified atom stereocenters. The monoisotopic (exact) mass is 518 g/mol. The van der Waals surface area contributed by atoms with Crippen LogP contribution in [0.1, 0.15) is 37.3 Å². The van der Waals surface area contributed by atoms with Gasteiger partial charge in [-0.05, 0) is 71.0 Å². The molecule has 0 N–H and O–H groups in total. The van der Waals surface area contributed by atoms with Gasteiger partial charge >= 0.3 is 0 Å². The van der Waals surface area contributed by atoms with Gasteiger partial charge in [0.1, 0.15) is 5.84 Å². The molecule has 0 spiro atoms. The third-order valence-corrected chi connectivity index (χ3v) is 10.0. The molecule has 10 heteroatoms. The number of amidine groups is 1. The molecule has 0 amide bonds. The molecule has 4 rings (SSSR count). The molecular weight excluding hydrogens is 484 g/mol. The first-order valence-electron chi connectivity index (χ1n) is 12.1. The fourth-order valence-electron chi connectivity index (χ4n) is 4.64. The smallest absolute Gasteiger partial charge is 0.283 e. The van der Waals surface area contributed by atoms with Crippen LogP contribution in [0.5, 0.6) is 0 Å². The van der Waals surface area contributed by atoms with Crippen molar-refractivity contribution in [3.63, 3.8) is 0 Å². The van der Waals surface area contributed by atoms with Crippen molar-refractivity contribution in [2.24, 2.45) is 4.40 Å². The van der Waals surface area contributed by atoms with Crippen LogP contribution in [0.3, 0.4) is 0 Å². The quantitative estimate of drug-likeness (QED) is 0.431. The summed E-state index contributed by atoms with van der Waals surface area (Å²) in [6.07, 6.45) is 2.72. The minimum atomic E-state index is -3.95. The Labute approximate surface area is 209 Å². The van der Waals surface area contributed by atoms with Crippen molar-refractivity contribution in [3.8, 4) is 0 Å². The molecule has 2 fully saturated rings. The molecule has 0 radical (unpaired) electrons. The summed E-state index contributed by atoms with van der Waals surface area (Å²) in [5.41, 5.74) is 1.95. The van der Waals surface area contributed by atoms with Gasteiger partial charge in [-0.3, -0.25) is 4.90 Å². The maximum absolute atomic E-state index is 13.4. The molecule has 2 aliphatic rings. The van der Waals surface area contributed by atoms with Gasteiger partial charge in [0, 0.05) is 13.1 Å². The number of nitrogens with zero attached hydrogens (tertiary/aromatic N) is 4. The number of piperidine rings is 1. The Morgan fingerprint density at radius 1 is 0.800 bits per heavy atom. The maximum Gasteiger partial charge on any atom is 0.283 e. The molecule has 2 aromatic carbocycles. The van der Waals surface area contributed by atoms with Crippen LogP contribution in [0, 0.1) is 13.8 Å². The lowest BCUT2D eigenvalue weighted by molar-refractivity contribution is 0.239. The Bertz CT molecular complexity index is 1270. The van der Waals surface area contributed by atoms with Crippen molar-refractivity contribution in [2.45, 2.75) is 56.0 Å². The maximum atomic E-state index is 13.4. The van der Waals surface area contributed by atoms with Gasteiger partial charge in [0.25, 0.3) is 10.0 Å². The average molecular weight is 519 g/mol. The van der Waals surface area contributed by atoms with Crippen molar-refractivity contribution < 1.29 is 16.8 Å². The Hall–Kier alpha value is -2.27. The van der Waals surface area contributed by atoms with Crippen LogP contribution in [0.2, 0.25) is 0 Å². The first-order valence-corrected chi connectivity index (χ1v) is 14.9. The Balaban J connectivity index is 1.66. The normalized spacial score (nSPS) is 20.9. The minimum Gasteiger partial charge on any atom is -0.340 e. The van der Waals surface area contributed by atoms with Crippen molar-refractivity contribution >= 4 is 25.9 Å². The average Bonchev–Trinajstić information content (AvgIpc) is 3.22. The Morgan fingerprint density at radius 3 is 1.91 bits per heavy atom. The molecular formula is C25H34N4O4S2. The molecule has 0 saturated carbocycles. The zero-order chi connectivity index (χ0) is 25.2. The number of benzene rings is 2. The molecule has 1 atom stereocenters. The van der Waals surface area contributed by atoms with Gasteiger partial charge in [0.2, 0.25) is 10.0 Å². The van der Waals surface area contributed by atoms with E-state index in [4.69, 9.17) is 0 Å². The lowest BCUT2D eigenvalue weighted by Crippen LogP contribution is -2.47. The predicted molar refractivity (Wildman–Crippen MR) is 137 cm³/mol. The van der Waals surface area contributed by atoms with Crippen molar-refractivity contribution in [1.82, 2.24) is 14.1 Å². The molecule has 0 bridgehead atoms. The lowest BCUT2D eigenvalue weighted by atomic mass is 10.1. The molecule has 2 aromatic rings. The van der Waals surface area contributed by atoms with Gasteiger partial charge in [0.15, 0.2) is 0 Å². The second kappa shape index (κ2) is 10.4. The molecule has 2 aliphatic heterocycles. The van der Waals surface area contributed by atoms with Crippen LogP contribution < -0.4 is 0 Å². The summed E-state index contributed by atoms with van der Waals surface area (Å²) in [4.78, 5) is 4.40. The highest BCUT2D eigenvalue weighted by Gasteiger charge is 2.39. The summed E-state index contributed by atoms with van der Waals surface area (Å²) in [7, 11) is -7.68. The largest absolute Gasteiger partial charge is 0.340 e. The number of aryl methyl sites for hydroxylation is 2. The SMILES string of the molecule is Cc1ccc(S(=O)(=O)N=C(CN2CCCCC2)N2CCN(S(=O)(=O)c3ccc(C)cc3)[C@@H]2C)cc1. The minimum absolute atomic E-state index is 0.134. The van der Waals surface area contributed by atoms with E-state index >= 15 is 0 Å². The molecule has 2 saturated heterocycles. The van der Waals surface area contributed by atoms with Crippen LogP contribution in [0.4, 0.5) is 0 Å². The van der Waals surface area contributed by atoms with Crippen LogP contribution in [0.25, 0.3) is 0 Å². The summed E-state index contributed by atoms with van der Waals surface area (Å²) in [6, 6.07) is 13.4. The van der Waals surface area contributed by atoms with E-state index in [2.05, 4.69) is 9.30 Å². The van der Waals surface area contributed by atoms with E-state index in [1.165, 1.54) is 4.31 Å². The van der Waals surface area contributed by atoms with Crippen molar-refractivity contribution in [2.75, 3.05) is 32.7 Å². The van der Waals surface area contributed by atoms with E-state index in [0.29, 0.717) is 18.9 Å². The van der Waals surface area contributed by atoms with Gasteiger partial charge in [-0.15, -0.1) is 4.40 Å². The topological polar surface area (TPSA) is 90.4 Å². The molecule has 0 aliphatic carbocycles. The zero-order valence-corrected chi connectivity index (χ0v) is 22.2. The van der Waals surface area contributed by atoms with Crippen molar-refractivity contribution in [1.29, 1.82) is 0 Å². The fraction of sp³-hybridized carbons (Fsp3) is 0.480. The number of sulfonamides is 2. The standard InChI is InChI=1S/C25H34N4O4S2/c1-20-7-11-23(12-8-20)34(30,31)26-25(19-27-15-5-4-6-16-27)28-17-18-29(22(28)3)35(32,33)24-13-9-21(2)10-14-24/h7-14,22H,4-6,15-19H2,1-3H3/t22-/m1/s1.